The Morgan fingerprint density at radius 2 is 1.89 bits per heavy atom. The quantitative estimate of drug-likeness (QED) is 0.381. The highest BCUT2D eigenvalue weighted by Gasteiger charge is 2.32. The van der Waals surface area contributed by atoms with Crippen LogP contribution in [0.15, 0.2) is 23.1 Å². The zero-order valence-corrected chi connectivity index (χ0v) is 11.5. The summed E-state index contributed by atoms with van der Waals surface area (Å²) in [7, 11) is 0. The van der Waals surface area contributed by atoms with Crippen LogP contribution in [0.5, 0.6) is 0 Å². The van der Waals surface area contributed by atoms with E-state index in [2.05, 4.69) is 15.9 Å². The van der Waals surface area contributed by atoms with Gasteiger partial charge in [0.25, 0.3) is 6.43 Å². The van der Waals surface area contributed by atoms with Gasteiger partial charge in [0.05, 0.1) is 0 Å². The van der Waals surface area contributed by atoms with Gasteiger partial charge in [0.1, 0.15) is 0 Å². The number of alkyl halides is 6. The molecular weight excluding hydrogens is 339 g/mol. The van der Waals surface area contributed by atoms with Gasteiger partial charge in [-0.25, -0.2) is 8.78 Å². The van der Waals surface area contributed by atoms with Crippen molar-refractivity contribution in [1.82, 2.24) is 0 Å². The second kappa shape index (κ2) is 6.75. The van der Waals surface area contributed by atoms with E-state index < -0.39 is 34.2 Å². The highest BCUT2D eigenvalue weighted by atomic mass is 79.9. The zero-order valence-electron chi connectivity index (χ0n) is 9.11. The molecule has 0 heterocycles. The van der Waals surface area contributed by atoms with Gasteiger partial charge in [0.2, 0.25) is 0 Å². The molecule has 0 saturated carbocycles. The molecule has 0 aliphatic rings. The van der Waals surface area contributed by atoms with Gasteiger partial charge < -0.3 is 0 Å². The summed E-state index contributed by atoms with van der Waals surface area (Å²) >= 11 is 2.67. The molecule has 0 nitrogen and oxygen atoms in total. The highest BCUT2D eigenvalue weighted by molar-refractivity contribution is 9.09. The van der Waals surface area contributed by atoms with Crippen LogP contribution in [0.1, 0.15) is 24.0 Å². The molecule has 0 fully saturated rings. The number of halogens is 6. The molecule has 0 N–H and O–H groups in total. The number of benzene rings is 1. The third-order valence-corrected chi connectivity index (χ3v) is 3.55. The van der Waals surface area contributed by atoms with Gasteiger partial charge in [-0.1, -0.05) is 28.1 Å². The Bertz CT molecular complexity index is 392. The average molecular weight is 349 g/mol. The third kappa shape index (κ3) is 4.76. The molecule has 0 unspecified atom stereocenters. The van der Waals surface area contributed by atoms with E-state index in [0.29, 0.717) is 18.2 Å². The monoisotopic (exact) mass is 348 g/mol. The van der Waals surface area contributed by atoms with Crippen molar-refractivity contribution in [3.8, 4) is 0 Å². The average Bonchev–Trinajstić information content (AvgIpc) is 2.23. The molecule has 0 spiro atoms. The molecule has 0 aliphatic heterocycles. The smallest absolute Gasteiger partial charge is 0.205 e. The van der Waals surface area contributed by atoms with Crippen molar-refractivity contribution in [2.24, 2.45) is 0 Å². The molecule has 18 heavy (non-hydrogen) atoms. The predicted molar refractivity (Wildman–Crippen MR) is 65.4 cm³/mol. The van der Waals surface area contributed by atoms with E-state index in [9.17, 15) is 22.0 Å². The Balaban J connectivity index is 3.09. The fourth-order valence-electron chi connectivity index (χ4n) is 1.53. The topological polar surface area (TPSA) is 0 Å². The summed E-state index contributed by atoms with van der Waals surface area (Å²) in [5.74, 6) is 0. The lowest BCUT2D eigenvalue weighted by molar-refractivity contribution is -0.0329. The van der Waals surface area contributed by atoms with E-state index in [-0.39, 0.29) is 5.56 Å². The van der Waals surface area contributed by atoms with Crippen molar-refractivity contribution in [2.45, 2.75) is 29.7 Å². The summed E-state index contributed by atoms with van der Waals surface area (Å²) in [6.45, 7) is 0. The molecule has 0 bridgehead atoms. The van der Waals surface area contributed by atoms with E-state index in [4.69, 9.17) is 0 Å². The molecule has 1 aromatic carbocycles. The Labute approximate surface area is 114 Å². The summed E-state index contributed by atoms with van der Waals surface area (Å²) in [5.41, 5.74) is -4.78. The minimum Gasteiger partial charge on any atom is -0.205 e. The largest absolute Gasteiger partial charge is 0.446 e. The zero-order chi connectivity index (χ0) is 13.8. The number of thioether (sulfide) groups is 1. The molecule has 0 radical (unpaired) electrons. The Kier molecular flexibility index (Phi) is 5.91. The van der Waals surface area contributed by atoms with Crippen LogP contribution in [-0.2, 0) is 6.42 Å². The highest BCUT2D eigenvalue weighted by Crippen LogP contribution is 2.42. The summed E-state index contributed by atoms with van der Waals surface area (Å²) in [6, 6.07) is 3.91. The standard InChI is InChI=1S/C11H10BrF5S/c12-6-2-4-7-3-1-5-8(9(7)10(13)14)18-11(15,16)17/h1,3,5,10H,2,4,6H2. The maximum Gasteiger partial charge on any atom is 0.446 e. The molecule has 0 saturated heterocycles. The molecule has 1 rings (SSSR count). The number of hydrogen-bond donors (Lipinski definition) is 0. The van der Waals surface area contributed by atoms with Crippen LogP contribution < -0.4 is 0 Å². The van der Waals surface area contributed by atoms with Crippen LogP contribution in [-0.4, -0.2) is 10.8 Å². The summed E-state index contributed by atoms with van der Waals surface area (Å²) in [4.78, 5) is -0.412. The summed E-state index contributed by atoms with van der Waals surface area (Å²) < 4.78 is 62.6. The van der Waals surface area contributed by atoms with Gasteiger partial charge in [0.15, 0.2) is 0 Å². The van der Waals surface area contributed by atoms with E-state index in [0.717, 1.165) is 6.07 Å². The summed E-state index contributed by atoms with van der Waals surface area (Å²) in [5, 5.41) is 0.617. The van der Waals surface area contributed by atoms with Gasteiger partial charge in [-0.2, -0.15) is 13.2 Å². The van der Waals surface area contributed by atoms with Crippen molar-refractivity contribution in [1.29, 1.82) is 0 Å². The molecule has 7 heteroatoms. The minimum absolute atomic E-state index is 0.277. The fraction of sp³-hybridized carbons (Fsp3) is 0.455. The van der Waals surface area contributed by atoms with E-state index >= 15 is 0 Å². The maximum absolute atomic E-state index is 12.9. The van der Waals surface area contributed by atoms with Crippen molar-refractivity contribution in [3.05, 3.63) is 29.3 Å². The second-order valence-corrected chi connectivity index (χ2v) is 5.37. The Morgan fingerprint density at radius 1 is 1.22 bits per heavy atom. The Hall–Kier alpha value is -0.300. The molecule has 102 valence electrons. The van der Waals surface area contributed by atoms with Gasteiger partial charge >= 0.3 is 5.51 Å². The lowest BCUT2D eigenvalue weighted by Crippen LogP contribution is -2.04. The molecular formula is C11H10BrF5S. The van der Waals surface area contributed by atoms with Crippen molar-refractivity contribution >= 4 is 27.7 Å². The van der Waals surface area contributed by atoms with E-state index in [1.54, 1.807) is 0 Å². The van der Waals surface area contributed by atoms with Gasteiger partial charge in [-0.3, -0.25) is 0 Å². The molecule has 0 aliphatic carbocycles. The molecule has 0 amide bonds. The van der Waals surface area contributed by atoms with Crippen molar-refractivity contribution in [2.75, 3.05) is 5.33 Å². The number of aryl methyl sites for hydroxylation is 1. The van der Waals surface area contributed by atoms with E-state index in [1.165, 1.54) is 12.1 Å². The summed E-state index contributed by atoms with van der Waals surface area (Å²) in [6.07, 6.45) is -1.97. The van der Waals surface area contributed by atoms with Gasteiger partial charge in [-0.15, -0.1) is 0 Å². The first-order valence-electron chi connectivity index (χ1n) is 5.07. The lowest BCUT2D eigenvalue weighted by Gasteiger charge is -2.14. The van der Waals surface area contributed by atoms with Crippen molar-refractivity contribution in [3.63, 3.8) is 0 Å². The second-order valence-electron chi connectivity index (χ2n) is 3.47. The molecule has 1 aromatic rings. The Morgan fingerprint density at radius 3 is 2.39 bits per heavy atom. The first kappa shape index (κ1) is 15.8. The normalized spacial score (nSPS) is 12.2. The van der Waals surface area contributed by atoms with Crippen LogP contribution in [0, 0.1) is 0 Å². The van der Waals surface area contributed by atoms with Crippen LogP contribution in [0.4, 0.5) is 22.0 Å². The third-order valence-electron chi connectivity index (χ3n) is 2.18. The fourth-order valence-corrected chi connectivity index (χ4v) is 2.53. The number of rotatable bonds is 5. The number of hydrogen-bond acceptors (Lipinski definition) is 1. The van der Waals surface area contributed by atoms with Gasteiger partial charge in [-0.05, 0) is 36.2 Å². The van der Waals surface area contributed by atoms with Crippen LogP contribution >= 0.6 is 27.7 Å². The van der Waals surface area contributed by atoms with E-state index in [1.807, 2.05) is 0 Å². The predicted octanol–water partition coefficient (Wildman–Crippen LogP) is 5.56. The van der Waals surface area contributed by atoms with Crippen LogP contribution in [0.3, 0.4) is 0 Å². The molecule has 0 atom stereocenters. The lowest BCUT2D eigenvalue weighted by atomic mass is 10.0. The first-order valence-corrected chi connectivity index (χ1v) is 7.00. The van der Waals surface area contributed by atoms with Crippen molar-refractivity contribution < 1.29 is 22.0 Å². The SMILES string of the molecule is FC(F)c1c(CCCBr)cccc1SC(F)(F)F. The minimum atomic E-state index is -4.56. The van der Waals surface area contributed by atoms with Crippen LogP contribution in [0.2, 0.25) is 0 Å². The molecule has 0 aromatic heterocycles. The first-order chi connectivity index (χ1) is 8.35. The van der Waals surface area contributed by atoms with Gasteiger partial charge in [0, 0.05) is 15.8 Å². The maximum atomic E-state index is 12.9. The van der Waals surface area contributed by atoms with Crippen LogP contribution in [0.25, 0.3) is 0 Å².